The van der Waals surface area contributed by atoms with Crippen LogP contribution >= 0.6 is 23.1 Å². The van der Waals surface area contributed by atoms with Gasteiger partial charge in [-0.15, -0.1) is 0 Å². The van der Waals surface area contributed by atoms with Gasteiger partial charge in [-0.05, 0) is 37.1 Å². The zero-order valence-electron chi connectivity index (χ0n) is 13.2. The van der Waals surface area contributed by atoms with E-state index < -0.39 is 7.14 Å². The third-order valence-electron chi connectivity index (χ3n) is 4.06. The third-order valence-corrected chi connectivity index (χ3v) is 8.12. The molecular formula is C20H18BrOP. The quantitative estimate of drug-likeness (QED) is 0.597. The van der Waals surface area contributed by atoms with Gasteiger partial charge in [0, 0.05) is 20.4 Å². The molecule has 0 fully saturated rings. The Morgan fingerprint density at radius 2 is 1.22 bits per heavy atom. The van der Waals surface area contributed by atoms with Crippen LogP contribution in [0, 0.1) is 13.8 Å². The fourth-order valence-corrected chi connectivity index (χ4v) is 6.24. The molecule has 0 N–H and O–H groups in total. The lowest BCUT2D eigenvalue weighted by Crippen LogP contribution is -2.26. The lowest BCUT2D eigenvalue weighted by atomic mass is 10.2. The zero-order valence-corrected chi connectivity index (χ0v) is 15.6. The molecule has 0 unspecified atom stereocenters. The summed E-state index contributed by atoms with van der Waals surface area (Å²) in [6.07, 6.45) is 0. The molecule has 0 amide bonds. The zero-order chi connectivity index (χ0) is 16.4. The molecule has 0 aliphatic heterocycles. The maximum Gasteiger partial charge on any atom is 0.171 e. The fourth-order valence-electron chi connectivity index (χ4n) is 2.81. The Morgan fingerprint density at radius 1 is 0.739 bits per heavy atom. The average molecular weight is 385 g/mol. The molecule has 3 aromatic rings. The van der Waals surface area contributed by atoms with Crippen LogP contribution in [0.2, 0.25) is 0 Å². The average Bonchev–Trinajstić information content (AvgIpc) is 2.59. The van der Waals surface area contributed by atoms with Crippen LogP contribution in [0.5, 0.6) is 0 Å². The van der Waals surface area contributed by atoms with E-state index in [9.17, 15) is 4.57 Å². The van der Waals surface area contributed by atoms with Crippen LogP contribution in [0.25, 0.3) is 0 Å². The second-order valence-electron chi connectivity index (χ2n) is 5.67. The molecule has 1 nitrogen and oxygen atoms in total. The smallest absolute Gasteiger partial charge is 0.171 e. The molecule has 0 bridgehead atoms. The van der Waals surface area contributed by atoms with Gasteiger partial charge in [0.05, 0.1) is 0 Å². The molecule has 0 spiro atoms. The molecule has 3 rings (SSSR count). The lowest BCUT2D eigenvalue weighted by Gasteiger charge is -2.22. The molecular weight excluding hydrogens is 367 g/mol. The summed E-state index contributed by atoms with van der Waals surface area (Å²) in [7, 11) is -2.88. The number of benzene rings is 3. The van der Waals surface area contributed by atoms with Crippen LogP contribution in [-0.4, -0.2) is 0 Å². The minimum atomic E-state index is -2.88. The van der Waals surface area contributed by atoms with Crippen molar-refractivity contribution in [2.24, 2.45) is 0 Å². The summed E-state index contributed by atoms with van der Waals surface area (Å²) in [5.74, 6) is 0. The highest BCUT2D eigenvalue weighted by Gasteiger charge is 2.31. The molecule has 3 aromatic carbocycles. The van der Waals surface area contributed by atoms with Gasteiger partial charge in [-0.25, -0.2) is 0 Å². The van der Waals surface area contributed by atoms with Crippen LogP contribution in [0.4, 0.5) is 0 Å². The Balaban J connectivity index is 2.35. The van der Waals surface area contributed by atoms with Crippen LogP contribution in [0.1, 0.15) is 11.1 Å². The van der Waals surface area contributed by atoms with Gasteiger partial charge >= 0.3 is 0 Å². The Bertz CT molecular complexity index is 829. The van der Waals surface area contributed by atoms with Crippen molar-refractivity contribution in [3.63, 3.8) is 0 Å². The summed E-state index contributed by atoms with van der Waals surface area (Å²) in [4.78, 5) is 0. The summed E-state index contributed by atoms with van der Waals surface area (Å²) >= 11 is 3.57. The van der Waals surface area contributed by atoms with Crippen LogP contribution in [-0.2, 0) is 4.57 Å². The van der Waals surface area contributed by atoms with E-state index in [4.69, 9.17) is 0 Å². The summed E-state index contributed by atoms with van der Waals surface area (Å²) in [6.45, 7) is 4.06. The first-order valence-electron chi connectivity index (χ1n) is 7.52. The maximum atomic E-state index is 14.3. The fraction of sp³-hybridized carbons (Fsp3) is 0.100. The number of hydrogen-bond donors (Lipinski definition) is 0. The molecule has 0 aromatic heterocycles. The monoisotopic (exact) mass is 384 g/mol. The highest BCUT2D eigenvalue weighted by molar-refractivity contribution is 9.10. The Morgan fingerprint density at radius 3 is 1.70 bits per heavy atom. The van der Waals surface area contributed by atoms with E-state index in [1.165, 1.54) is 0 Å². The first-order chi connectivity index (χ1) is 11.0. The van der Waals surface area contributed by atoms with E-state index in [1.54, 1.807) is 0 Å². The number of halogens is 1. The summed E-state index contributed by atoms with van der Waals surface area (Å²) < 4.78 is 15.3. The first kappa shape index (κ1) is 16.2. The molecule has 3 heteroatoms. The van der Waals surface area contributed by atoms with E-state index in [1.807, 2.05) is 74.5 Å². The van der Waals surface area contributed by atoms with Gasteiger partial charge in [-0.2, -0.15) is 0 Å². The second kappa shape index (κ2) is 6.47. The number of rotatable bonds is 3. The van der Waals surface area contributed by atoms with Crippen molar-refractivity contribution in [3.05, 3.63) is 88.4 Å². The predicted octanol–water partition coefficient (Wildman–Crippen LogP) is 4.71. The van der Waals surface area contributed by atoms with E-state index in [2.05, 4.69) is 28.1 Å². The van der Waals surface area contributed by atoms with Crippen LogP contribution in [0.15, 0.2) is 77.3 Å². The molecule has 0 aliphatic carbocycles. The van der Waals surface area contributed by atoms with Gasteiger partial charge in [0.1, 0.15) is 0 Å². The number of hydrogen-bond acceptors (Lipinski definition) is 1. The van der Waals surface area contributed by atoms with Gasteiger partial charge in [-0.3, -0.25) is 0 Å². The topological polar surface area (TPSA) is 17.1 Å². The van der Waals surface area contributed by atoms with Crippen LogP contribution in [0.3, 0.4) is 0 Å². The van der Waals surface area contributed by atoms with Gasteiger partial charge in [0.2, 0.25) is 0 Å². The second-order valence-corrected chi connectivity index (χ2v) is 9.26. The van der Waals surface area contributed by atoms with E-state index in [0.717, 1.165) is 31.5 Å². The summed E-state index contributed by atoms with van der Waals surface area (Å²) in [6, 6.07) is 23.7. The third kappa shape index (κ3) is 2.94. The van der Waals surface area contributed by atoms with E-state index in [-0.39, 0.29) is 0 Å². The lowest BCUT2D eigenvalue weighted by molar-refractivity contribution is 0.592. The molecule has 0 radical (unpaired) electrons. The van der Waals surface area contributed by atoms with E-state index in [0.29, 0.717) is 0 Å². The molecule has 23 heavy (non-hydrogen) atoms. The molecule has 0 saturated carbocycles. The van der Waals surface area contributed by atoms with Crippen molar-refractivity contribution < 1.29 is 4.57 Å². The molecule has 0 saturated heterocycles. The molecule has 0 atom stereocenters. The highest BCUT2D eigenvalue weighted by Crippen LogP contribution is 2.43. The highest BCUT2D eigenvalue weighted by atomic mass is 79.9. The normalized spacial score (nSPS) is 11.4. The molecule has 0 aliphatic rings. The molecule has 116 valence electrons. The van der Waals surface area contributed by atoms with Crippen molar-refractivity contribution in [3.8, 4) is 0 Å². The van der Waals surface area contributed by atoms with Gasteiger partial charge in [0.15, 0.2) is 7.14 Å². The predicted molar refractivity (Wildman–Crippen MR) is 103 cm³/mol. The van der Waals surface area contributed by atoms with Crippen LogP contribution < -0.4 is 15.9 Å². The first-order valence-corrected chi connectivity index (χ1v) is 10.0. The van der Waals surface area contributed by atoms with Crippen molar-refractivity contribution in [1.82, 2.24) is 0 Å². The van der Waals surface area contributed by atoms with Gasteiger partial charge < -0.3 is 4.57 Å². The molecule has 0 heterocycles. The van der Waals surface area contributed by atoms with Crippen molar-refractivity contribution in [2.45, 2.75) is 13.8 Å². The van der Waals surface area contributed by atoms with Gasteiger partial charge in [-0.1, -0.05) is 76.6 Å². The van der Waals surface area contributed by atoms with E-state index >= 15 is 0 Å². The largest absolute Gasteiger partial charge is 0.309 e. The standard InChI is InChI=1S/C20H18BrOP/c1-15-14-20(16(2)13-19(15)21)23(22,17-9-5-3-6-10-17)18-11-7-4-8-12-18/h3-14H,1-2H3. The summed E-state index contributed by atoms with van der Waals surface area (Å²) in [5.41, 5.74) is 2.14. The van der Waals surface area contributed by atoms with Gasteiger partial charge in [0.25, 0.3) is 0 Å². The van der Waals surface area contributed by atoms with Crippen molar-refractivity contribution in [2.75, 3.05) is 0 Å². The summed E-state index contributed by atoms with van der Waals surface area (Å²) in [5, 5.41) is 2.66. The van der Waals surface area contributed by atoms with Crippen molar-refractivity contribution in [1.29, 1.82) is 0 Å². The Hall–Kier alpha value is -1.63. The van der Waals surface area contributed by atoms with Crippen molar-refractivity contribution >= 4 is 39.0 Å². The SMILES string of the molecule is Cc1cc(P(=O)(c2ccccc2)c2ccccc2)c(C)cc1Br. The number of aryl methyl sites for hydroxylation is 2. The maximum absolute atomic E-state index is 14.3. The Labute approximate surface area is 145 Å². The minimum absolute atomic E-state index is 0.871. The minimum Gasteiger partial charge on any atom is -0.309 e. The Kier molecular flexibility index (Phi) is 4.57.